The number of carbonyl (C=O) groups excluding carboxylic acids is 1. The summed E-state index contributed by atoms with van der Waals surface area (Å²) in [5, 5.41) is 12.4. The van der Waals surface area contributed by atoms with Gasteiger partial charge >= 0.3 is 0 Å². The normalized spacial score (nSPS) is 17.8. The molecule has 1 aromatic carbocycles. The Kier molecular flexibility index (Phi) is 5.54. The minimum Gasteiger partial charge on any atom is -0.376 e. The maximum atomic E-state index is 12.4. The Bertz CT molecular complexity index is 715. The van der Waals surface area contributed by atoms with Crippen molar-refractivity contribution in [1.82, 2.24) is 20.2 Å². The van der Waals surface area contributed by atoms with Gasteiger partial charge in [0.2, 0.25) is 5.16 Å². The highest BCUT2D eigenvalue weighted by Crippen LogP contribution is 2.23. The molecule has 0 radical (unpaired) electrons. The smallest absolute Gasteiger partial charge is 0.209 e. The standard InChI is InChI=1S/C18H24N4O2S/c1-18(2,3)14-8-6-13(7-9-14)16(23)12-25-17-19-20-21-22(17)11-15-5-4-10-24-15/h6-9,15H,4-5,10-12H2,1-3H3. The number of hydrogen-bond donors (Lipinski definition) is 0. The van der Waals surface area contributed by atoms with Crippen LogP contribution in [0.25, 0.3) is 0 Å². The van der Waals surface area contributed by atoms with Gasteiger partial charge in [-0.15, -0.1) is 5.10 Å². The number of thioether (sulfide) groups is 1. The van der Waals surface area contributed by atoms with Crippen LogP contribution in [0.4, 0.5) is 0 Å². The number of tetrazole rings is 1. The van der Waals surface area contributed by atoms with Gasteiger partial charge in [-0.25, -0.2) is 4.68 Å². The summed E-state index contributed by atoms with van der Waals surface area (Å²) in [6, 6.07) is 7.86. The van der Waals surface area contributed by atoms with E-state index in [1.165, 1.54) is 17.3 Å². The zero-order valence-electron chi connectivity index (χ0n) is 14.9. The van der Waals surface area contributed by atoms with E-state index < -0.39 is 0 Å². The van der Waals surface area contributed by atoms with Crippen LogP contribution in [0.3, 0.4) is 0 Å². The second kappa shape index (κ2) is 7.66. The summed E-state index contributed by atoms with van der Waals surface area (Å²) in [6.07, 6.45) is 2.28. The number of rotatable bonds is 6. The van der Waals surface area contributed by atoms with Crippen molar-refractivity contribution in [2.45, 2.75) is 56.8 Å². The van der Waals surface area contributed by atoms with Gasteiger partial charge in [0, 0.05) is 12.2 Å². The molecule has 3 rings (SSSR count). The quantitative estimate of drug-likeness (QED) is 0.582. The third-order valence-electron chi connectivity index (χ3n) is 4.30. The van der Waals surface area contributed by atoms with E-state index in [1.54, 1.807) is 4.68 Å². The highest BCUT2D eigenvalue weighted by atomic mass is 32.2. The van der Waals surface area contributed by atoms with Crippen molar-refractivity contribution in [2.75, 3.05) is 12.4 Å². The molecule has 0 spiro atoms. The van der Waals surface area contributed by atoms with Gasteiger partial charge in [-0.3, -0.25) is 4.79 Å². The molecule has 0 bridgehead atoms. The first-order valence-corrected chi connectivity index (χ1v) is 9.56. The van der Waals surface area contributed by atoms with E-state index in [9.17, 15) is 4.79 Å². The molecule has 1 atom stereocenters. The van der Waals surface area contributed by atoms with Crippen molar-refractivity contribution >= 4 is 17.5 Å². The van der Waals surface area contributed by atoms with Crippen LogP contribution in [-0.4, -0.2) is 44.5 Å². The minimum absolute atomic E-state index is 0.0807. The molecular formula is C18H24N4O2S. The van der Waals surface area contributed by atoms with Crippen LogP contribution in [0.5, 0.6) is 0 Å². The first-order chi connectivity index (χ1) is 11.9. The van der Waals surface area contributed by atoms with Crippen LogP contribution in [0, 0.1) is 0 Å². The Morgan fingerprint density at radius 1 is 1.32 bits per heavy atom. The lowest BCUT2D eigenvalue weighted by molar-refractivity contribution is 0.0912. The second-order valence-corrected chi connectivity index (χ2v) is 8.26. The number of aromatic nitrogens is 4. The van der Waals surface area contributed by atoms with Gasteiger partial charge in [0.15, 0.2) is 5.78 Å². The Morgan fingerprint density at radius 2 is 2.08 bits per heavy atom. The predicted molar refractivity (Wildman–Crippen MR) is 97.0 cm³/mol. The fourth-order valence-corrected chi connectivity index (χ4v) is 3.55. The summed E-state index contributed by atoms with van der Waals surface area (Å²) in [5.41, 5.74) is 2.02. The topological polar surface area (TPSA) is 69.9 Å². The van der Waals surface area contributed by atoms with Gasteiger partial charge in [0.25, 0.3) is 0 Å². The first kappa shape index (κ1) is 18.1. The van der Waals surface area contributed by atoms with E-state index in [0.717, 1.165) is 25.0 Å². The number of nitrogens with zero attached hydrogens (tertiary/aromatic N) is 4. The molecule has 0 N–H and O–H groups in total. The number of Topliss-reactive ketones (excluding diaryl/α,β-unsaturated/α-hetero) is 1. The molecule has 25 heavy (non-hydrogen) atoms. The van der Waals surface area contributed by atoms with Crippen molar-refractivity contribution in [3.63, 3.8) is 0 Å². The van der Waals surface area contributed by atoms with E-state index in [4.69, 9.17) is 4.74 Å². The molecule has 1 saturated heterocycles. The minimum atomic E-state index is 0.0807. The van der Waals surface area contributed by atoms with Crippen LogP contribution in [0.15, 0.2) is 29.4 Å². The van der Waals surface area contributed by atoms with E-state index >= 15 is 0 Å². The van der Waals surface area contributed by atoms with Gasteiger partial charge in [-0.2, -0.15) is 0 Å². The molecule has 1 aliphatic rings. The highest BCUT2D eigenvalue weighted by molar-refractivity contribution is 7.99. The monoisotopic (exact) mass is 360 g/mol. The van der Waals surface area contributed by atoms with Crippen LogP contribution in [0.2, 0.25) is 0 Å². The summed E-state index contributed by atoms with van der Waals surface area (Å²) in [4.78, 5) is 12.4. The Balaban J connectivity index is 1.58. The maximum Gasteiger partial charge on any atom is 0.209 e. The Morgan fingerprint density at radius 3 is 2.72 bits per heavy atom. The zero-order valence-corrected chi connectivity index (χ0v) is 15.8. The molecule has 1 aliphatic heterocycles. The molecule has 7 heteroatoms. The van der Waals surface area contributed by atoms with Gasteiger partial charge < -0.3 is 4.74 Å². The van der Waals surface area contributed by atoms with E-state index in [-0.39, 0.29) is 17.3 Å². The average Bonchev–Trinajstić information content (AvgIpc) is 3.24. The Hall–Kier alpha value is -1.73. The number of benzene rings is 1. The zero-order chi connectivity index (χ0) is 17.9. The molecule has 0 aliphatic carbocycles. The predicted octanol–water partition coefficient (Wildman–Crippen LogP) is 3.12. The van der Waals surface area contributed by atoms with Crippen molar-refractivity contribution in [3.05, 3.63) is 35.4 Å². The number of ketones is 1. The summed E-state index contributed by atoms with van der Waals surface area (Å²) in [5.74, 6) is 0.401. The van der Waals surface area contributed by atoms with Crippen molar-refractivity contribution in [3.8, 4) is 0 Å². The molecule has 2 aromatic rings. The lowest BCUT2D eigenvalue weighted by Gasteiger charge is -2.18. The second-order valence-electron chi connectivity index (χ2n) is 7.32. The summed E-state index contributed by atoms with van der Waals surface area (Å²) < 4.78 is 7.35. The lowest BCUT2D eigenvalue weighted by Crippen LogP contribution is -2.17. The van der Waals surface area contributed by atoms with Gasteiger partial charge in [0.05, 0.1) is 18.4 Å². The fourth-order valence-electron chi connectivity index (χ4n) is 2.77. The summed E-state index contributed by atoms with van der Waals surface area (Å²) >= 11 is 1.37. The third-order valence-corrected chi connectivity index (χ3v) is 5.26. The summed E-state index contributed by atoms with van der Waals surface area (Å²) in [6.45, 7) is 7.93. The Labute approximate surface area is 152 Å². The van der Waals surface area contributed by atoms with Gasteiger partial charge in [0.1, 0.15) is 0 Å². The van der Waals surface area contributed by atoms with Crippen LogP contribution in [0.1, 0.15) is 49.5 Å². The first-order valence-electron chi connectivity index (χ1n) is 8.58. The van der Waals surface area contributed by atoms with E-state index in [1.807, 2.05) is 24.3 Å². The molecule has 0 amide bonds. The molecule has 6 nitrogen and oxygen atoms in total. The van der Waals surface area contributed by atoms with E-state index in [0.29, 0.717) is 17.5 Å². The van der Waals surface area contributed by atoms with Gasteiger partial charge in [-0.1, -0.05) is 56.8 Å². The third kappa shape index (κ3) is 4.67. The number of hydrogen-bond acceptors (Lipinski definition) is 6. The van der Waals surface area contributed by atoms with Crippen molar-refractivity contribution in [2.24, 2.45) is 0 Å². The SMILES string of the molecule is CC(C)(C)c1ccc(C(=O)CSc2nnnn2CC2CCCO2)cc1. The molecule has 134 valence electrons. The lowest BCUT2D eigenvalue weighted by atomic mass is 9.86. The van der Waals surface area contributed by atoms with E-state index in [2.05, 4.69) is 36.3 Å². The molecular weight excluding hydrogens is 336 g/mol. The fraction of sp³-hybridized carbons (Fsp3) is 0.556. The van der Waals surface area contributed by atoms with Crippen LogP contribution in [-0.2, 0) is 16.7 Å². The molecule has 1 aromatic heterocycles. The van der Waals surface area contributed by atoms with Crippen molar-refractivity contribution < 1.29 is 9.53 Å². The largest absolute Gasteiger partial charge is 0.376 e. The van der Waals surface area contributed by atoms with Crippen LogP contribution < -0.4 is 0 Å². The number of carbonyl (C=O) groups is 1. The van der Waals surface area contributed by atoms with Gasteiger partial charge in [-0.05, 0) is 34.2 Å². The maximum absolute atomic E-state index is 12.4. The molecule has 1 fully saturated rings. The molecule has 0 saturated carbocycles. The summed E-state index contributed by atoms with van der Waals surface area (Å²) in [7, 11) is 0. The van der Waals surface area contributed by atoms with Crippen molar-refractivity contribution in [1.29, 1.82) is 0 Å². The molecule has 1 unspecified atom stereocenters. The number of ether oxygens (including phenoxy) is 1. The van der Waals surface area contributed by atoms with Crippen LogP contribution >= 0.6 is 11.8 Å². The highest BCUT2D eigenvalue weighted by Gasteiger charge is 2.20. The molecule has 2 heterocycles. The average molecular weight is 360 g/mol.